The first-order valence-corrected chi connectivity index (χ1v) is 4.77. The number of esters is 2. The molecule has 1 amide bonds. The molecule has 0 aromatic heterocycles. The van der Waals surface area contributed by atoms with Gasteiger partial charge in [0, 0.05) is 5.69 Å². The van der Waals surface area contributed by atoms with Gasteiger partial charge in [-0.15, -0.1) is 0 Å². The average Bonchev–Trinajstić information content (AvgIpc) is 2.59. The number of amides is 1. The number of carbonyl (C=O) groups excluding carboxylic acids is 3. The number of benzene rings is 1. The standard InChI is InChI=1S/C11H9NO4/c13-9-6-8(11(15)16-9)10(14)12-7-4-2-1-3-5-7/h1-5,8H,6H2,(H,12,14). The van der Waals surface area contributed by atoms with Crippen LogP contribution in [-0.2, 0) is 19.1 Å². The highest BCUT2D eigenvalue weighted by Crippen LogP contribution is 2.18. The zero-order chi connectivity index (χ0) is 11.5. The molecule has 1 saturated heterocycles. The Bertz CT molecular complexity index is 441. The van der Waals surface area contributed by atoms with Gasteiger partial charge in [-0.25, -0.2) is 0 Å². The van der Waals surface area contributed by atoms with Gasteiger partial charge in [-0.3, -0.25) is 14.4 Å². The quantitative estimate of drug-likeness (QED) is 0.587. The lowest BCUT2D eigenvalue weighted by atomic mass is 10.1. The summed E-state index contributed by atoms with van der Waals surface area (Å²) in [6, 6.07) is 8.71. The number of ether oxygens (including phenoxy) is 1. The van der Waals surface area contributed by atoms with Crippen LogP contribution in [-0.4, -0.2) is 17.8 Å². The molecule has 1 aliphatic heterocycles. The SMILES string of the molecule is O=C1CC(C(=O)Nc2ccccc2)C(=O)O1. The Morgan fingerprint density at radius 2 is 1.94 bits per heavy atom. The molecule has 1 fully saturated rings. The summed E-state index contributed by atoms with van der Waals surface area (Å²) in [7, 11) is 0. The van der Waals surface area contributed by atoms with Gasteiger partial charge in [0.25, 0.3) is 0 Å². The fraction of sp³-hybridized carbons (Fsp3) is 0.182. The normalized spacial score (nSPS) is 19.4. The molecule has 1 atom stereocenters. The van der Waals surface area contributed by atoms with E-state index in [0.29, 0.717) is 5.69 Å². The smallest absolute Gasteiger partial charge is 0.326 e. The number of anilines is 1. The molecule has 16 heavy (non-hydrogen) atoms. The molecular formula is C11H9NO4. The third-order valence-corrected chi connectivity index (χ3v) is 2.23. The molecule has 1 unspecified atom stereocenters. The Kier molecular flexibility index (Phi) is 2.68. The van der Waals surface area contributed by atoms with E-state index in [9.17, 15) is 14.4 Å². The summed E-state index contributed by atoms with van der Waals surface area (Å²) in [5, 5.41) is 2.54. The molecule has 5 nitrogen and oxygen atoms in total. The second-order valence-corrected chi connectivity index (χ2v) is 3.41. The first-order valence-electron chi connectivity index (χ1n) is 4.77. The Labute approximate surface area is 91.4 Å². The van der Waals surface area contributed by atoms with Crippen molar-refractivity contribution in [2.45, 2.75) is 6.42 Å². The maximum Gasteiger partial charge on any atom is 0.326 e. The van der Waals surface area contributed by atoms with Crippen LogP contribution in [0.1, 0.15) is 6.42 Å². The minimum Gasteiger partial charge on any atom is -0.393 e. The van der Waals surface area contributed by atoms with Gasteiger partial charge in [0.1, 0.15) is 5.92 Å². The summed E-state index contributed by atoms with van der Waals surface area (Å²) >= 11 is 0. The molecule has 1 heterocycles. The van der Waals surface area contributed by atoms with Crippen molar-refractivity contribution in [3.05, 3.63) is 30.3 Å². The van der Waals surface area contributed by atoms with E-state index < -0.39 is 23.8 Å². The Morgan fingerprint density at radius 3 is 2.50 bits per heavy atom. The average molecular weight is 219 g/mol. The van der Waals surface area contributed by atoms with E-state index in [2.05, 4.69) is 10.1 Å². The predicted octanol–water partition coefficient (Wildman–Crippen LogP) is 0.715. The molecule has 82 valence electrons. The maximum absolute atomic E-state index is 11.6. The van der Waals surface area contributed by atoms with Gasteiger partial charge in [0.05, 0.1) is 6.42 Å². The summed E-state index contributed by atoms with van der Waals surface area (Å²) in [6.07, 6.45) is -0.183. The summed E-state index contributed by atoms with van der Waals surface area (Å²) < 4.78 is 4.29. The minimum atomic E-state index is -1.02. The fourth-order valence-electron chi connectivity index (χ4n) is 1.43. The molecule has 1 aromatic carbocycles. The van der Waals surface area contributed by atoms with Crippen molar-refractivity contribution < 1.29 is 19.1 Å². The van der Waals surface area contributed by atoms with Crippen LogP contribution in [0.15, 0.2) is 30.3 Å². The molecule has 1 N–H and O–H groups in total. The summed E-state index contributed by atoms with van der Waals surface area (Å²) in [5.41, 5.74) is 0.583. The number of para-hydroxylation sites is 1. The van der Waals surface area contributed by atoms with E-state index in [1.54, 1.807) is 24.3 Å². The van der Waals surface area contributed by atoms with Crippen LogP contribution in [0.25, 0.3) is 0 Å². The Hall–Kier alpha value is -2.17. The third-order valence-electron chi connectivity index (χ3n) is 2.23. The van der Waals surface area contributed by atoms with Gasteiger partial charge in [0.2, 0.25) is 5.91 Å². The molecule has 5 heteroatoms. The minimum absolute atomic E-state index is 0.183. The third kappa shape index (κ3) is 2.08. The monoisotopic (exact) mass is 219 g/mol. The Balaban J connectivity index is 2.04. The van der Waals surface area contributed by atoms with Crippen LogP contribution >= 0.6 is 0 Å². The number of hydrogen-bond acceptors (Lipinski definition) is 4. The topological polar surface area (TPSA) is 72.5 Å². The fourth-order valence-corrected chi connectivity index (χ4v) is 1.43. The van der Waals surface area contributed by atoms with Crippen molar-refractivity contribution in [3.8, 4) is 0 Å². The number of rotatable bonds is 2. The van der Waals surface area contributed by atoms with Gasteiger partial charge >= 0.3 is 11.9 Å². The van der Waals surface area contributed by atoms with E-state index in [1.165, 1.54) is 0 Å². The highest BCUT2D eigenvalue weighted by molar-refractivity contribution is 6.11. The van der Waals surface area contributed by atoms with Crippen molar-refractivity contribution in [3.63, 3.8) is 0 Å². The van der Waals surface area contributed by atoms with Crippen LogP contribution in [0.3, 0.4) is 0 Å². The lowest BCUT2D eigenvalue weighted by Gasteiger charge is -2.06. The van der Waals surface area contributed by atoms with Crippen LogP contribution in [0.4, 0.5) is 5.69 Å². The molecule has 0 saturated carbocycles. The predicted molar refractivity (Wildman–Crippen MR) is 54.3 cm³/mol. The highest BCUT2D eigenvalue weighted by Gasteiger charge is 2.38. The zero-order valence-electron chi connectivity index (χ0n) is 8.30. The lowest BCUT2D eigenvalue weighted by molar-refractivity contribution is -0.153. The number of nitrogens with one attached hydrogen (secondary N) is 1. The van der Waals surface area contributed by atoms with Crippen molar-refractivity contribution in [2.75, 3.05) is 5.32 Å². The number of carbonyl (C=O) groups is 3. The van der Waals surface area contributed by atoms with Crippen LogP contribution < -0.4 is 5.32 Å². The van der Waals surface area contributed by atoms with Crippen LogP contribution in [0, 0.1) is 5.92 Å². The molecule has 0 radical (unpaired) electrons. The number of cyclic esters (lactones) is 2. The second-order valence-electron chi connectivity index (χ2n) is 3.41. The molecule has 0 bridgehead atoms. The molecule has 0 spiro atoms. The van der Waals surface area contributed by atoms with E-state index >= 15 is 0 Å². The van der Waals surface area contributed by atoms with Crippen LogP contribution in [0.5, 0.6) is 0 Å². The molecule has 1 aromatic rings. The molecule has 2 rings (SSSR count). The molecule has 1 aliphatic rings. The van der Waals surface area contributed by atoms with Crippen molar-refractivity contribution in [1.82, 2.24) is 0 Å². The van der Waals surface area contributed by atoms with Gasteiger partial charge in [0.15, 0.2) is 0 Å². The van der Waals surface area contributed by atoms with Crippen LogP contribution in [0.2, 0.25) is 0 Å². The van der Waals surface area contributed by atoms with Crippen molar-refractivity contribution in [1.29, 1.82) is 0 Å². The summed E-state index contributed by atoms with van der Waals surface area (Å²) in [4.78, 5) is 33.5. The lowest BCUT2D eigenvalue weighted by Crippen LogP contribution is -2.26. The van der Waals surface area contributed by atoms with E-state index in [4.69, 9.17) is 0 Å². The molecular weight excluding hydrogens is 210 g/mol. The second kappa shape index (κ2) is 4.14. The van der Waals surface area contributed by atoms with Gasteiger partial charge in [-0.05, 0) is 12.1 Å². The van der Waals surface area contributed by atoms with Crippen molar-refractivity contribution >= 4 is 23.5 Å². The largest absolute Gasteiger partial charge is 0.393 e. The van der Waals surface area contributed by atoms with E-state index in [0.717, 1.165) is 0 Å². The maximum atomic E-state index is 11.6. The zero-order valence-corrected chi connectivity index (χ0v) is 8.30. The number of hydrogen-bond donors (Lipinski definition) is 1. The molecule has 0 aliphatic carbocycles. The summed E-state index contributed by atoms with van der Waals surface area (Å²) in [5.74, 6) is -2.97. The Morgan fingerprint density at radius 1 is 1.25 bits per heavy atom. The van der Waals surface area contributed by atoms with Gasteiger partial charge in [-0.2, -0.15) is 0 Å². The van der Waals surface area contributed by atoms with E-state index in [-0.39, 0.29) is 6.42 Å². The van der Waals surface area contributed by atoms with Crippen molar-refractivity contribution in [2.24, 2.45) is 5.92 Å². The van der Waals surface area contributed by atoms with Gasteiger partial charge in [-0.1, -0.05) is 18.2 Å². The van der Waals surface area contributed by atoms with E-state index in [1.807, 2.05) is 6.07 Å². The van der Waals surface area contributed by atoms with Gasteiger partial charge < -0.3 is 10.1 Å². The summed E-state index contributed by atoms with van der Waals surface area (Å²) in [6.45, 7) is 0. The first-order chi connectivity index (χ1) is 7.66. The first kappa shape index (κ1) is 10.4. The highest BCUT2D eigenvalue weighted by atomic mass is 16.6.